The smallest absolute Gasteiger partial charge is 0.333 e. The summed E-state index contributed by atoms with van der Waals surface area (Å²) >= 11 is 0. The summed E-state index contributed by atoms with van der Waals surface area (Å²) in [5.41, 5.74) is 0.484. The molecule has 4 aliphatic carbocycles. The first-order valence-corrected chi connectivity index (χ1v) is 13.8. The molecule has 8 atom stereocenters. The van der Waals surface area contributed by atoms with Crippen molar-refractivity contribution in [1.29, 1.82) is 0 Å². The predicted molar refractivity (Wildman–Crippen MR) is 144 cm³/mol. The lowest BCUT2D eigenvalue weighted by Crippen LogP contribution is -2.36. The van der Waals surface area contributed by atoms with E-state index in [-0.39, 0.29) is 103 Å². The van der Waals surface area contributed by atoms with Crippen molar-refractivity contribution in [3.05, 3.63) is 48.6 Å². The number of carbonyl (C=O) groups excluding carboxylic acids is 5. The van der Waals surface area contributed by atoms with Gasteiger partial charge in [-0.1, -0.05) is 37.5 Å². The van der Waals surface area contributed by atoms with Crippen LogP contribution in [0.25, 0.3) is 0 Å². The summed E-state index contributed by atoms with van der Waals surface area (Å²) in [7, 11) is 0. The molecule has 6 aliphatic rings. The molecule has 220 valence electrons. The van der Waals surface area contributed by atoms with Gasteiger partial charge in [0.2, 0.25) is 23.6 Å². The van der Waals surface area contributed by atoms with Crippen molar-refractivity contribution >= 4 is 35.6 Å². The van der Waals surface area contributed by atoms with Gasteiger partial charge in [0, 0.05) is 11.1 Å². The van der Waals surface area contributed by atoms with Crippen LogP contribution in [0.1, 0.15) is 26.7 Å². The number of carbonyl (C=O) groups is 6. The summed E-state index contributed by atoms with van der Waals surface area (Å²) in [4.78, 5) is 71.9. The molecule has 4 fully saturated rings. The lowest BCUT2D eigenvalue weighted by Gasteiger charge is -2.17. The summed E-state index contributed by atoms with van der Waals surface area (Å²) in [5.74, 6) is -1.46. The number of aliphatic hydroxyl groups is 1. The largest absolute Gasteiger partial charge is 0.478 e. The van der Waals surface area contributed by atoms with Crippen LogP contribution in [-0.2, 0) is 33.5 Å². The average molecular weight is 569 g/mol. The highest BCUT2D eigenvalue weighted by Crippen LogP contribution is 2.53. The van der Waals surface area contributed by atoms with E-state index in [0.717, 1.165) is 12.8 Å². The van der Waals surface area contributed by atoms with E-state index in [0.29, 0.717) is 5.57 Å². The Morgan fingerprint density at radius 2 is 1.10 bits per heavy atom. The fourth-order valence-electron chi connectivity index (χ4n) is 6.82. The minimum absolute atomic E-state index is 0.0331. The number of esters is 1. The van der Waals surface area contributed by atoms with Gasteiger partial charge in [0.1, 0.15) is 6.61 Å². The molecule has 6 rings (SSSR count). The van der Waals surface area contributed by atoms with Crippen LogP contribution in [0, 0.1) is 47.3 Å². The van der Waals surface area contributed by atoms with Crippen LogP contribution < -0.4 is 0 Å². The van der Waals surface area contributed by atoms with Gasteiger partial charge in [0.05, 0.1) is 43.4 Å². The lowest BCUT2D eigenvalue weighted by atomic mass is 9.85. The first kappa shape index (κ1) is 30.1. The normalized spacial score (nSPS) is 32.9. The highest BCUT2D eigenvalue weighted by atomic mass is 16.5. The molecule has 0 aromatic carbocycles. The highest BCUT2D eigenvalue weighted by Gasteiger charge is 2.60. The zero-order chi connectivity index (χ0) is 30.2. The van der Waals surface area contributed by atoms with Gasteiger partial charge in [-0.3, -0.25) is 29.0 Å². The second-order valence-electron chi connectivity index (χ2n) is 11.4. The summed E-state index contributed by atoms with van der Waals surface area (Å²) in [6, 6.07) is 0. The van der Waals surface area contributed by atoms with Crippen LogP contribution in [0.3, 0.4) is 0 Å². The summed E-state index contributed by atoms with van der Waals surface area (Å²) in [5, 5.41) is 16.7. The monoisotopic (exact) mass is 568 g/mol. The van der Waals surface area contributed by atoms with Crippen LogP contribution in [0.2, 0.25) is 0 Å². The Kier molecular flexibility index (Phi) is 8.77. The second-order valence-corrected chi connectivity index (χ2v) is 11.4. The van der Waals surface area contributed by atoms with Crippen molar-refractivity contribution in [2.45, 2.75) is 26.7 Å². The lowest BCUT2D eigenvalue weighted by molar-refractivity contribution is -0.146. The van der Waals surface area contributed by atoms with Crippen LogP contribution in [0.5, 0.6) is 0 Å². The molecule has 41 heavy (non-hydrogen) atoms. The third-order valence-electron chi connectivity index (χ3n) is 8.71. The summed E-state index contributed by atoms with van der Waals surface area (Å²) < 4.78 is 4.95. The number of imide groups is 2. The summed E-state index contributed by atoms with van der Waals surface area (Å²) in [6.45, 7) is 9.83. The van der Waals surface area contributed by atoms with Crippen molar-refractivity contribution in [3.8, 4) is 0 Å². The van der Waals surface area contributed by atoms with Gasteiger partial charge in [-0.25, -0.2) is 9.59 Å². The first-order valence-electron chi connectivity index (χ1n) is 13.8. The van der Waals surface area contributed by atoms with E-state index in [9.17, 15) is 28.8 Å². The minimum atomic E-state index is -0.935. The van der Waals surface area contributed by atoms with E-state index >= 15 is 0 Å². The number of fused-ring (bicyclic) bond motifs is 10. The third-order valence-corrected chi connectivity index (χ3v) is 8.71. The van der Waals surface area contributed by atoms with Crippen molar-refractivity contribution in [2.24, 2.45) is 47.3 Å². The van der Waals surface area contributed by atoms with E-state index in [2.05, 4.69) is 37.5 Å². The molecule has 2 saturated heterocycles. The van der Waals surface area contributed by atoms with Crippen LogP contribution in [0.4, 0.5) is 0 Å². The number of carboxylic acid groups (broad SMARTS) is 1. The molecule has 2 aliphatic heterocycles. The number of hydrogen-bond donors (Lipinski definition) is 2. The van der Waals surface area contributed by atoms with E-state index in [1.807, 2.05) is 0 Å². The van der Waals surface area contributed by atoms with Crippen LogP contribution in [0.15, 0.2) is 48.6 Å². The molecule has 4 bridgehead atoms. The maximum atomic E-state index is 12.3. The van der Waals surface area contributed by atoms with E-state index in [4.69, 9.17) is 14.9 Å². The fraction of sp³-hybridized carbons (Fsp3) is 0.533. The SMILES string of the molecule is C=C(C)C(=O)O.C=C(C)C(=O)OCCN1C(=O)C2C(C1=O)[C@H]1C=C[C@@H]2C1.O=C1C2C(C(=O)N1CCO)[C@H]1C=C[C@@H]2C1. The fourth-order valence-corrected chi connectivity index (χ4v) is 6.82. The summed E-state index contributed by atoms with van der Waals surface area (Å²) in [6.07, 6.45) is 10.1. The number of hydrogen-bond acceptors (Lipinski definition) is 8. The van der Waals surface area contributed by atoms with Crippen LogP contribution in [-0.4, -0.2) is 81.9 Å². The number of nitrogens with zero attached hydrogens (tertiary/aromatic N) is 2. The number of aliphatic hydroxyl groups excluding tert-OH is 1. The number of β-amino-alcohol motifs (C(OH)–C–C–N with tert-alkyl or cyclic N) is 1. The molecule has 0 spiro atoms. The Morgan fingerprint density at radius 3 is 1.39 bits per heavy atom. The van der Waals surface area contributed by atoms with E-state index in [1.54, 1.807) is 6.92 Å². The number of allylic oxidation sites excluding steroid dienone is 4. The van der Waals surface area contributed by atoms with Gasteiger partial charge in [-0.2, -0.15) is 0 Å². The highest BCUT2D eigenvalue weighted by molar-refractivity contribution is 6.07. The number of carboxylic acids is 1. The van der Waals surface area contributed by atoms with Crippen molar-refractivity contribution in [1.82, 2.24) is 9.80 Å². The Bertz CT molecular complexity index is 1180. The van der Waals surface area contributed by atoms with Gasteiger partial charge in [-0.15, -0.1) is 0 Å². The zero-order valence-corrected chi connectivity index (χ0v) is 23.2. The molecule has 0 aromatic rings. The van der Waals surface area contributed by atoms with Gasteiger partial charge < -0.3 is 14.9 Å². The average Bonchev–Trinajstić information content (AvgIpc) is 3.77. The third kappa shape index (κ3) is 5.55. The molecule has 11 nitrogen and oxygen atoms in total. The number of aliphatic carboxylic acids is 1. The molecule has 0 radical (unpaired) electrons. The van der Waals surface area contributed by atoms with Crippen molar-refractivity contribution in [3.63, 3.8) is 0 Å². The molecule has 0 aromatic heterocycles. The predicted octanol–water partition coefficient (Wildman–Crippen LogP) is 1.35. The number of likely N-dealkylation sites (tertiary alicyclic amines) is 2. The standard InChI is InChI=1S/C15H17NO4.C11H13NO3.C4H6O2/c1-8(2)15(19)20-6-5-16-13(17)11-9-3-4-10(7-9)12(11)14(16)18;13-4-3-12-10(14)8-6-1-2-7(5-6)9(8)11(12)15;1-3(2)4(5)6/h3-4,9-12H,1,5-7H2,2H3;1-2,6-9,13H,3-5H2;1H2,2H3,(H,5,6)/t9-,10+,11?,12?;6-,7+,8?,9?;. The van der Waals surface area contributed by atoms with E-state index < -0.39 is 11.9 Å². The number of rotatable bonds is 7. The molecule has 2 N–H and O–H groups in total. The molecule has 2 heterocycles. The quantitative estimate of drug-likeness (QED) is 0.200. The Balaban J connectivity index is 0.000000162. The number of ether oxygens (including phenoxy) is 1. The maximum Gasteiger partial charge on any atom is 0.333 e. The molecular formula is C30H36N2O9. The Labute approximate surface area is 238 Å². The van der Waals surface area contributed by atoms with Crippen LogP contribution >= 0.6 is 0 Å². The first-order chi connectivity index (χ1) is 19.4. The van der Waals surface area contributed by atoms with Gasteiger partial charge in [0.25, 0.3) is 0 Å². The van der Waals surface area contributed by atoms with Gasteiger partial charge >= 0.3 is 11.9 Å². The van der Waals surface area contributed by atoms with Crippen molar-refractivity contribution < 1.29 is 43.7 Å². The topological polar surface area (TPSA) is 159 Å². The van der Waals surface area contributed by atoms with E-state index in [1.165, 1.54) is 16.7 Å². The minimum Gasteiger partial charge on any atom is -0.478 e. The molecule has 4 unspecified atom stereocenters. The van der Waals surface area contributed by atoms with Gasteiger partial charge in [0.15, 0.2) is 0 Å². The van der Waals surface area contributed by atoms with Gasteiger partial charge in [-0.05, 0) is 50.4 Å². The molecule has 4 amide bonds. The molecule has 11 heteroatoms. The second kappa shape index (κ2) is 11.9. The maximum absolute atomic E-state index is 12.3. The van der Waals surface area contributed by atoms with Crippen molar-refractivity contribution in [2.75, 3.05) is 26.3 Å². The molecule has 2 saturated carbocycles. The zero-order valence-electron chi connectivity index (χ0n) is 23.2. The Morgan fingerprint density at radius 1 is 0.756 bits per heavy atom. The number of amides is 4. The molecular weight excluding hydrogens is 532 g/mol. The Hall–Kier alpha value is -3.86.